The highest BCUT2D eigenvalue weighted by molar-refractivity contribution is 7.78. The Labute approximate surface area is 74.6 Å². The summed E-state index contributed by atoms with van der Waals surface area (Å²) in [7, 11) is 0. The van der Waals surface area contributed by atoms with Gasteiger partial charge in [-0.2, -0.15) is 0 Å². The van der Waals surface area contributed by atoms with Crippen LogP contribution in [0, 0.1) is 0 Å². The Kier molecular flexibility index (Phi) is 2.85. The van der Waals surface area contributed by atoms with Crippen molar-refractivity contribution in [2.45, 2.75) is 0 Å². The summed E-state index contributed by atoms with van der Waals surface area (Å²) in [6.07, 6.45) is 2.48. The van der Waals surface area contributed by atoms with Gasteiger partial charge in [0.05, 0.1) is 11.7 Å². The minimum absolute atomic E-state index is 0.272. The normalized spacial score (nSPS) is 15.2. The SMILES string of the molecule is O=C1C=CC(=O)N1CCN=C=S. The molecule has 1 aliphatic heterocycles. The number of hydrogen-bond acceptors (Lipinski definition) is 4. The molecule has 0 saturated carbocycles. The van der Waals surface area contributed by atoms with Gasteiger partial charge in [-0.05, 0) is 12.2 Å². The third-order valence-electron chi connectivity index (χ3n) is 1.40. The van der Waals surface area contributed by atoms with E-state index >= 15 is 0 Å². The second kappa shape index (κ2) is 3.90. The van der Waals surface area contributed by atoms with E-state index in [-0.39, 0.29) is 18.4 Å². The van der Waals surface area contributed by atoms with Gasteiger partial charge in [-0.1, -0.05) is 0 Å². The molecule has 4 nitrogen and oxygen atoms in total. The number of rotatable bonds is 3. The van der Waals surface area contributed by atoms with Crippen LogP contribution in [0.25, 0.3) is 0 Å². The molecule has 2 amide bonds. The zero-order valence-corrected chi connectivity index (χ0v) is 7.00. The van der Waals surface area contributed by atoms with Crippen molar-refractivity contribution in [3.8, 4) is 0 Å². The summed E-state index contributed by atoms with van der Waals surface area (Å²) in [5.41, 5.74) is 0. The van der Waals surface area contributed by atoms with E-state index in [1.165, 1.54) is 12.2 Å². The van der Waals surface area contributed by atoms with Crippen LogP contribution in [0.2, 0.25) is 0 Å². The van der Waals surface area contributed by atoms with E-state index in [9.17, 15) is 9.59 Å². The van der Waals surface area contributed by atoms with Crippen LogP contribution in [0.3, 0.4) is 0 Å². The highest BCUT2D eigenvalue weighted by Crippen LogP contribution is 2.01. The van der Waals surface area contributed by atoms with Crippen LogP contribution in [0.1, 0.15) is 0 Å². The number of aliphatic imine (C=N–C) groups is 1. The second-order valence-electron chi connectivity index (χ2n) is 2.13. The maximum Gasteiger partial charge on any atom is 0.253 e. The summed E-state index contributed by atoms with van der Waals surface area (Å²) in [4.78, 5) is 26.5. The van der Waals surface area contributed by atoms with Crippen molar-refractivity contribution in [2.75, 3.05) is 13.1 Å². The Hall–Kier alpha value is -1.32. The van der Waals surface area contributed by atoms with Crippen LogP contribution < -0.4 is 0 Å². The van der Waals surface area contributed by atoms with E-state index in [0.29, 0.717) is 6.54 Å². The standard InChI is InChI=1S/C7H6N2O2S/c10-6-1-2-7(11)9(6)4-3-8-5-12/h1-2H,3-4H2. The van der Waals surface area contributed by atoms with Crippen LogP contribution >= 0.6 is 12.2 Å². The first kappa shape index (κ1) is 8.77. The monoisotopic (exact) mass is 182 g/mol. The highest BCUT2D eigenvalue weighted by Gasteiger charge is 2.21. The van der Waals surface area contributed by atoms with Crippen molar-refractivity contribution in [2.24, 2.45) is 4.99 Å². The summed E-state index contributed by atoms with van der Waals surface area (Å²) >= 11 is 4.33. The van der Waals surface area contributed by atoms with Crippen LogP contribution in [-0.2, 0) is 9.59 Å². The van der Waals surface area contributed by atoms with Crippen molar-refractivity contribution in [1.82, 2.24) is 4.90 Å². The Morgan fingerprint density at radius 3 is 2.50 bits per heavy atom. The van der Waals surface area contributed by atoms with Crippen LogP contribution in [0.4, 0.5) is 0 Å². The van der Waals surface area contributed by atoms with Crippen LogP contribution in [0.5, 0.6) is 0 Å². The Bertz CT molecular complexity index is 274. The minimum Gasteiger partial charge on any atom is -0.274 e. The van der Waals surface area contributed by atoms with Crippen LogP contribution in [-0.4, -0.2) is 35.0 Å². The number of isothiocyanates is 1. The zero-order chi connectivity index (χ0) is 8.97. The molecule has 62 valence electrons. The summed E-state index contributed by atoms with van der Waals surface area (Å²) in [6.45, 7) is 0.594. The topological polar surface area (TPSA) is 49.7 Å². The molecule has 0 atom stereocenters. The number of nitrogens with zero attached hydrogens (tertiary/aromatic N) is 2. The smallest absolute Gasteiger partial charge is 0.253 e. The number of hydrogen-bond donors (Lipinski definition) is 0. The number of carbonyl (C=O) groups excluding carboxylic acids is 2. The summed E-state index contributed by atoms with van der Waals surface area (Å²) < 4.78 is 0. The second-order valence-corrected chi connectivity index (χ2v) is 2.32. The van der Waals surface area contributed by atoms with E-state index in [2.05, 4.69) is 22.4 Å². The van der Waals surface area contributed by atoms with Crippen molar-refractivity contribution >= 4 is 29.2 Å². The number of amides is 2. The first-order valence-corrected chi connectivity index (χ1v) is 3.73. The molecule has 0 spiro atoms. The third kappa shape index (κ3) is 1.84. The van der Waals surface area contributed by atoms with Gasteiger partial charge in [-0.25, -0.2) is 4.99 Å². The quantitative estimate of drug-likeness (QED) is 0.351. The molecule has 0 bridgehead atoms. The molecule has 1 aliphatic rings. The molecule has 0 unspecified atom stereocenters. The van der Waals surface area contributed by atoms with E-state index in [1.807, 2.05) is 0 Å². The van der Waals surface area contributed by atoms with Crippen molar-refractivity contribution < 1.29 is 9.59 Å². The fourth-order valence-electron chi connectivity index (χ4n) is 0.847. The van der Waals surface area contributed by atoms with E-state index in [0.717, 1.165) is 4.90 Å². The fourth-order valence-corrected chi connectivity index (χ4v) is 0.938. The average Bonchev–Trinajstić information content (AvgIpc) is 2.35. The molecule has 0 aromatic heterocycles. The van der Waals surface area contributed by atoms with Gasteiger partial charge in [0.2, 0.25) is 0 Å². The maximum atomic E-state index is 10.9. The molecule has 0 aliphatic carbocycles. The molecule has 0 saturated heterocycles. The van der Waals surface area contributed by atoms with Gasteiger partial charge in [0.1, 0.15) is 0 Å². The van der Waals surface area contributed by atoms with Gasteiger partial charge in [0.25, 0.3) is 11.8 Å². The number of thiocarbonyl (C=S) groups is 1. The van der Waals surface area contributed by atoms with E-state index in [4.69, 9.17) is 0 Å². The highest BCUT2D eigenvalue weighted by atomic mass is 32.1. The van der Waals surface area contributed by atoms with Crippen molar-refractivity contribution in [3.63, 3.8) is 0 Å². The average molecular weight is 182 g/mol. The lowest BCUT2D eigenvalue weighted by Gasteiger charge is -2.10. The van der Waals surface area contributed by atoms with Gasteiger partial charge in [0, 0.05) is 18.7 Å². The molecule has 1 rings (SSSR count). The molecular weight excluding hydrogens is 176 g/mol. The molecule has 12 heavy (non-hydrogen) atoms. The molecule has 0 radical (unpaired) electrons. The minimum atomic E-state index is -0.292. The predicted octanol–water partition coefficient (Wildman–Crippen LogP) is 0.0142. The van der Waals surface area contributed by atoms with E-state index < -0.39 is 0 Å². The third-order valence-corrected chi connectivity index (χ3v) is 1.53. The van der Waals surface area contributed by atoms with Gasteiger partial charge >= 0.3 is 0 Å². The first-order valence-electron chi connectivity index (χ1n) is 3.33. The Balaban J connectivity index is 2.48. The predicted molar refractivity (Wildman–Crippen MR) is 45.8 cm³/mol. The Morgan fingerprint density at radius 1 is 1.42 bits per heavy atom. The fraction of sp³-hybridized carbons (Fsp3) is 0.286. The molecular formula is C7H6N2O2S. The van der Waals surface area contributed by atoms with E-state index in [1.54, 1.807) is 0 Å². The zero-order valence-electron chi connectivity index (χ0n) is 6.19. The first-order chi connectivity index (χ1) is 5.75. The van der Waals surface area contributed by atoms with Gasteiger partial charge in [-0.15, -0.1) is 0 Å². The molecule has 0 aromatic rings. The maximum absolute atomic E-state index is 10.9. The largest absolute Gasteiger partial charge is 0.274 e. The molecule has 1 heterocycles. The molecule has 0 N–H and O–H groups in total. The molecule has 0 aromatic carbocycles. The van der Waals surface area contributed by atoms with Crippen molar-refractivity contribution in [3.05, 3.63) is 12.2 Å². The summed E-state index contributed by atoms with van der Waals surface area (Å²) in [5, 5.41) is 2.16. The summed E-state index contributed by atoms with van der Waals surface area (Å²) in [6, 6.07) is 0. The van der Waals surface area contributed by atoms with Crippen LogP contribution in [0.15, 0.2) is 17.1 Å². The molecule has 5 heteroatoms. The number of carbonyl (C=O) groups is 2. The van der Waals surface area contributed by atoms with Gasteiger partial charge in [0.15, 0.2) is 0 Å². The van der Waals surface area contributed by atoms with Gasteiger partial charge in [-0.3, -0.25) is 14.5 Å². The van der Waals surface area contributed by atoms with Gasteiger partial charge < -0.3 is 0 Å². The lowest BCUT2D eigenvalue weighted by molar-refractivity contribution is -0.136. The lowest BCUT2D eigenvalue weighted by Crippen LogP contribution is -2.32. The summed E-state index contributed by atoms with van der Waals surface area (Å²) in [5.74, 6) is -0.584. The molecule has 0 fully saturated rings. The van der Waals surface area contributed by atoms with Crippen molar-refractivity contribution in [1.29, 1.82) is 0 Å². The Morgan fingerprint density at radius 2 is 2.00 bits per heavy atom. The number of imide groups is 1. The lowest BCUT2D eigenvalue weighted by atomic mass is 10.5.